The second-order valence-corrected chi connectivity index (χ2v) is 10.4. The molecule has 1 aromatic carbocycles. The number of aromatic amines is 1. The minimum Gasteiger partial charge on any atom is -0.496 e. The van der Waals surface area contributed by atoms with Crippen molar-refractivity contribution < 1.29 is 9.47 Å². The van der Waals surface area contributed by atoms with Crippen LogP contribution in [0.1, 0.15) is 24.3 Å². The largest absolute Gasteiger partial charge is 0.496 e. The number of hydrogen-bond acceptors (Lipinski definition) is 8. The van der Waals surface area contributed by atoms with Crippen LogP contribution in [0.25, 0.3) is 20.6 Å². The normalized spacial score (nSPS) is 19.6. The predicted molar refractivity (Wildman–Crippen MR) is 135 cm³/mol. The summed E-state index contributed by atoms with van der Waals surface area (Å²) >= 11 is 7.17. The zero-order valence-corrected chi connectivity index (χ0v) is 20.7. The number of halogens is 1. The molecule has 0 bridgehead atoms. The van der Waals surface area contributed by atoms with Gasteiger partial charge >= 0.3 is 5.69 Å². The molecule has 4 aromatic rings. The number of ether oxygens (including phenoxy) is 2. The monoisotopic (exact) mass is 513 g/mol. The van der Waals surface area contributed by atoms with Gasteiger partial charge in [-0.25, -0.2) is 14.8 Å². The van der Waals surface area contributed by atoms with E-state index < -0.39 is 5.69 Å². The van der Waals surface area contributed by atoms with Crippen LogP contribution in [0.4, 0.5) is 0 Å². The van der Waals surface area contributed by atoms with Crippen LogP contribution in [0.3, 0.4) is 0 Å². The summed E-state index contributed by atoms with van der Waals surface area (Å²) in [6.45, 7) is 3.91. The van der Waals surface area contributed by atoms with Crippen LogP contribution < -0.4 is 20.7 Å². The van der Waals surface area contributed by atoms with Crippen LogP contribution in [0.15, 0.2) is 34.0 Å². The van der Waals surface area contributed by atoms with Crippen molar-refractivity contribution in [2.24, 2.45) is 5.92 Å². The quantitative estimate of drug-likeness (QED) is 0.395. The summed E-state index contributed by atoms with van der Waals surface area (Å²) in [6, 6.07) is 5.98. The molecule has 11 heteroatoms. The lowest BCUT2D eigenvalue weighted by atomic mass is 9.86. The Bertz CT molecular complexity index is 1530. The average Bonchev–Trinajstić information content (AvgIpc) is 3.44. The summed E-state index contributed by atoms with van der Waals surface area (Å²) in [5.74, 6) is 2.65. The van der Waals surface area contributed by atoms with Crippen molar-refractivity contribution in [3.63, 3.8) is 0 Å². The number of nitrogens with one attached hydrogen (secondary N) is 1. The summed E-state index contributed by atoms with van der Waals surface area (Å²) in [4.78, 5) is 40.0. The Morgan fingerprint density at radius 1 is 1.26 bits per heavy atom. The van der Waals surface area contributed by atoms with Gasteiger partial charge in [0.25, 0.3) is 5.56 Å². The molecule has 0 amide bonds. The van der Waals surface area contributed by atoms with Gasteiger partial charge in [-0.05, 0) is 31.5 Å². The van der Waals surface area contributed by atoms with E-state index in [0.717, 1.165) is 50.6 Å². The summed E-state index contributed by atoms with van der Waals surface area (Å²) in [7, 11) is 1.70. The smallest absolute Gasteiger partial charge is 0.328 e. The van der Waals surface area contributed by atoms with Gasteiger partial charge in [-0.3, -0.25) is 9.36 Å². The number of nitrogens with zero attached hydrogens (tertiary/aromatic N) is 4. The van der Waals surface area contributed by atoms with E-state index in [1.807, 2.05) is 18.2 Å². The van der Waals surface area contributed by atoms with Crippen LogP contribution in [-0.2, 0) is 6.54 Å². The molecule has 1 N–H and O–H groups in total. The SMILES string of the molecule is COc1cccc2c1[C@H]1CN(CCCCn3c(=O)[nH]c4c(sc5ncc(Cl)nc54)c3=O)C[C@@H]1CO2. The molecule has 35 heavy (non-hydrogen) atoms. The number of rotatable bonds is 6. The molecule has 0 spiro atoms. The van der Waals surface area contributed by atoms with Crippen LogP contribution in [0.2, 0.25) is 5.15 Å². The van der Waals surface area contributed by atoms with Gasteiger partial charge < -0.3 is 19.4 Å². The molecule has 182 valence electrons. The van der Waals surface area contributed by atoms with Gasteiger partial charge in [0.1, 0.15) is 31.7 Å². The van der Waals surface area contributed by atoms with Gasteiger partial charge in [0.2, 0.25) is 0 Å². The highest BCUT2D eigenvalue weighted by Gasteiger charge is 2.40. The Hall–Kier alpha value is -2.95. The molecule has 6 rings (SSSR count). The second-order valence-electron chi connectivity index (χ2n) is 9.06. The molecule has 0 aliphatic carbocycles. The minimum atomic E-state index is -0.433. The molecule has 1 saturated heterocycles. The summed E-state index contributed by atoms with van der Waals surface area (Å²) in [5, 5.41) is 0.220. The van der Waals surface area contributed by atoms with Crippen molar-refractivity contribution in [1.82, 2.24) is 24.4 Å². The third-order valence-corrected chi connectivity index (χ3v) is 8.24. The number of aromatic nitrogens is 4. The maximum absolute atomic E-state index is 13.0. The zero-order valence-electron chi connectivity index (χ0n) is 19.1. The average molecular weight is 514 g/mol. The van der Waals surface area contributed by atoms with Crippen molar-refractivity contribution >= 4 is 43.5 Å². The van der Waals surface area contributed by atoms with Crippen molar-refractivity contribution in [3.05, 3.63) is 56.0 Å². The zero-order chi connectivity index (χ0) is 24.1. The van der Waals surface area contributed by atoms with Gasteiger partial charge in [0.15, 0.2) is 0 Å². The fourth-order valence-corrected chi connectivity index (χ4v) is 6.47. The standard InChI is InChI=1S/C24H24ClN5O4S/c1-33-15-5-4-6-16-18(15)14-11-29(10-13(14)12-34-16)7-2-3-8-30-23(31)21-19(28-24(30)32)20-22(35-21)26-9-17(25)27-20/h4-6,9,13-14H,2-3,7-8,10-12H2,1H3,(H,28,32)/t13-,14+/m1/s1. The molecule has 2 aliphatic heterocycles. The number of methoxy groups -OCH3 is 1. The predicted octanol–water partition coefficient (Wildman–Crippen LogP) is 3.24. The molecule has 0 radical (unpaired) electrons. The molecule has 2 atom stereocenters. The third kappa shape index (κ3) is 3.89. The second kappa shape index (κ2) is 8.92. The first-order valence-electron chi connectivity index (χ1n) is 11.6. The first kappa shape index (κ1) is 22.5. The van der Waals surface area contributed by atoms with Crippen molar-refractivity contribution in [3.8, 4) is 11.5 Å². The van der Waals surface area contributed by atoms with Gasteiger partial charge in [0.05, 0.1) is 25.4 Å². The fraction of sp³-hybridized carbons (Fsp3) is 0.417. The molecular weight excluding hydrogens is 490 g/mol. The number of H-pyrrole nitrogens is 1. The maximum Gasteiger partial charge on any atom is 0.328 e. The topological polar surface area (TPSA) is 102 Å². The van der Waals surface area contributed by atoms with Crippen LogP contribution >= 0.6 is 22.9 Å². The fourth-order valence-electron chi connectivity index (χ4n) is 5.34. The number of likely N-dealkylation sites (tertiary alicyclic amines) is 1. The van der Waals surface area contributed by atoms with Gasteiger partial charge in [-0.2, -0.15) is 0 Å². The summed E-state index contributed by atoms with van der Waals surface area (Å²) in [5.41, 5.74) is 1.30. The molecule has 0 saturated carbocycles. The van der Waals surface area contributed by atoms with E-state index in [2.05, 4.69) is 19.9 Å². The van der Waals surface area contributed by atoms with E-state index in [4.69, 9.17) is 21.1 Å². The summed E-state index contributed by atoms with van der Waals surface area (Å²) < 4.78 is 13.3. The third-order valence-electron chi connectivity index (χ3n) is 6.98. The van der Waals surface area contributed by atoms with Crippen LogP contribution in [0.5, 0.6) is 11.5 Å². The van der Waals surface area contributed by atoms with Crippen molar-refractivity contribution in [1.29, 1.82) is 0 Å². The van der Waals surface area contributed by atoms with E-state index in [-0.39, 0.29) is 10.7 Å². The Kier molecular flexibility index (Phi) is 5.74. The van der Waals surface area contributed by atoms with Gasteiger partial charge in [0, 0.05) is 37.0 Å². The van der Waals surface area contributed by atoms with E-state index in [1.54, 1.807) is 7.11 Å². The van der Waals surface area contributed by atoms with E-state index in [9.17, 15) is 9.59 Å². The molecule has 5 heterocycles. The lowest BCUT2D eigenvalue weighted by Gasteiger charge is -2.29. The first-order valence-corrected chi connectivity index (χ1v) is 12.8. The number of benzene rings is 1. The molecule has 0 unspecified atom stereocenters. The van der Waals surface area contributed by atoms with E-state index in [1.165, 1.54) is 27.7 Å². The first-order chi connectivity index (χ1) is 17.0. The molecule has 9 nitrogen and oxygen atoms in total. The number of unbranched alkanes of at least 4 members (excludes halogenated alkanes) is 1. The number of thiophene rings is 1. The highest BCUT2D eigenvalue weighted by Crippen LogP contribution is 2.46. The number of fused-ring (bicyclic) bond motifs is 6. The Morgan fingerprint density at radius 2 is 2.11 bits per heavy atom. The van der Waals surface area contributed by atoms with Crippen molar-refractivity contribution in [2.45, 2.75) is 25.3 Å². The van der Waals surface area contributed by atoms with Crippen LogP contribution in [-0.4, -0.2) is 57.8 Å². The number of hydrogen-bond donors (Lipinski definition) is 1. The molecule has 2 aliphatic rings. The van der Waals surface area contributed by atoms with Crippen molar-refractivity contribution in [2.75, 3.05) is 33.4 Å². The van der Waals surface area contributed by atoms with Gasteiger partial charge in [-0.1, -0.05) is 17.7 Å². The van der Waals surface area contributed by atoms with E-state index >= 15 is 0 Å². The Morgan fingerprint density at radius 3 is 2.97 bits per heavy atom. The Balaban J connectivity index is 1.13. The molecular formula is C24H24ClN5O4S. The highest BCUT2D eigenvalue weighted by atomic mass is 35.5. The van der Waals surface area contributed by atoms with E-state index in [0.29, 0.717) is 38.9 Å². The lowest BCUT2D eigenvalue weighted by Crippen LogP contribution is -2.34. The Labute approximate surface area is 209 Å². The molecule has 1 fully saturated rings. The molecule has 3 aromatic heterocycles. The summed E-state index contributed by atoms with van der Waals surface area (Å²) in [6.07, 6.45) is 3.04. The maximum atomic E-state index is 13.0. The highest BCUT2D eigenvalue weighted by molar-refractivity contribution is 7.25. The van der Waals surface area contributed by atoms with Gasteiger partial charge in [-0.15, -0.1) is 11.3 Å². The van der Waals surface area contributed by atoms with Crippen LogP contribution in [0, 0.1) is 5.92 Å². The lowest BCUT2D eigenvalue weighted by molar-refractivity contribution is 0.209. The minimum absolute atomic E-state index is 0.220.